The molecule has 1 N–H and O–H groups in total. The van der Waals surface area contributed by atoms with Gasteiger partial charge in [0.05, 0.1) is 11.0 Å². The molecule has 8 heteroatoms. The third-order valence-corrected chi connectivity index (χ3v) is 5.29. The Hall–Kier alpha value is -3.52. The van der Waals surface area contributed by atoms with E-state index < -0.39 is 16.8 Å². The molecule has 3 rings (SSSR count). The number of nitrogens with one attached hydrogen (secondary N) is 1. The molecule has 154 valence electrons. The van der Waals surface area contributed by atoms with Crippen LogP contribution in [-0.2, 0) is 4.74 Å². The van der Waals surface area contributed by atoms with Crippen molar-refractivity contribution in [2.75, 3.05) is 5.32 Å². The van der Waals surface area contributed by atoms with E-state index in [4.69, 9.17) is 4.74 Å². The lowest BCUT2D eigenvalue weighted by molar-refractivity contribution is -0.385. The van der Waals surface area contributed by atoms with Crippen molar-refractivity contribution in [2.45, 2.75) is 26.9 Å². The van der Waals surface area contributed by atoms with Crippen LogP contribution in [0.3, 0.4) is 0 Å². The highest BCUT2D eigenvalue weighted by atomic mass is 32.1. The molecule has 1 heterocycles. The molecule has 0 spiro atoms. The Morgan fingerprint density at radius 2 is 1.70 bits per heavy atom. The van der Waals surface area contributed by atoms with Crippen molar-refractivity contribution in [3.8, 4) is 11.1 Å². The summed E-state index contributed by atoms with van der Waals surface area (Å²) in [5.74, 6) is -1.23. The van der Waals surface area contributed by atoms with E-state index in [1.807, 2.05) is 37.3 Å². The van der Waals surface area contributed by atoms with E-state index in [2.05, 4.69) is 5.32 Å². The van der Waals surface area contributed by atoms with Gasteiger partial charge in [-0.15, -0.1) is 11.3 Å². The van der Waals surface area contributed by atoms with Gasteiger partial charge < -0.3 is 10.1 Å². The van der Waals surface area contributed by atoms with Gasteiger partial charge in [0, 0.05) is 16.5 Å². The fourth-order valence-electron chi connectivity index (χ4n) is 3.05. The molecule has 0 saturated carbocycles. The molecule has 2 aromatic carbocycles. The fourth-order valence-corrected chi connectivity index (χ4v) is 4.11. The summed E-state index contributed by atoms with van der Waals surface area (Å²) in [5, 5.41) is 14.2. The first-order valence-electron chi connectivity index (χ1n) is 9.24. The number of nitro benzene ring substituents is 1. The number of carbonyl (C=O) groups is 2. The maximum Gasteiger partial charge on any atom is 0.342 e. The molecule has 7 nitrogen and oxygen atoms in total. The summed E-state index contributed by atoms with van der Waals surface area (Å²) in [6.07, 6.45) is -0.347. The van der Waals surface area contributed by atoms with Crippen LogP contribution in [0.25, 0.3) is 11.1 Å². The smallest absolute Gasteiger partial charge is 0.342 e. The number of thiophene rings is 1. The first-order chi connectivity index (χ1) is 14.3. The van der Waals surface area contributed by atoms with Crippen molar-refractivity contribution in [3.63, 3.8) is 0 Å². The number of hydrogen-bond acceptors (Lipinski definition) is 6. The Kier molecular flexibility index (Phi) is 6.27. The van der Waals surface area contributed by atoms with E-state index in [0.29, 0.717) is 10.6 Å². The van der Waals surface area contributed by atoms with Gasteiger partial charge in [-0.3, -0.25) is 14.9 Å². The molecule has 0 radical (unpaired) electrons. The zero-order valence-corrected chi connectivity index (χ0v) is 17.5. The van der Waals surface area contributed by atoms with E-state index in [-0.39, 0.29) is 22.9 Å². The van der Waals surface area contributed by atoms with Gasteiger partial charge in [0.15, 0.2) is 0 Å². The summed E-state index contributed by atoms with van der Waals surface area (Å²) in [6, 6.07) is 15.0. The molecule has 1 aromatic heterocycles. The average molecular weight is 424 g/mol. The molecule has 3 aromatic rings. The Labute approximate surface area is 177 Å². The number of ether oxygens (including phenoxy) is 1. The number of rotatable bonds is 6. The number of aryl methyl sites for hydroxylation is 1. The predicted octanol–water partition coefficient (Wildman–Crippen LogP) is 5.45. The topological polar surface area (TPSA) is 98.5 Å². The largest absolute Gasteiger partial charge is 0.459 e. The number of carbonyl (C=O) groups excluding carboxylic acids is 2. The van der Waals surface area contributed by atoms with E-state index in [1.165, 1.54) is 29.5 Å². The zero-order chi connectivity index (χ0) is 21.8. The van der Waals surface area contributed by atoms with Crippen LogP contribution >= 0.6 is 11.3 Å². The van der Waals surface area contributed by atoms with Gasteiger partial charge in [0.1, 0.15) is 16.1 Å². The van der Waals surface area contributed by atoms with Crippen LogP contribution in [0.5, 0.6) is 0 Å². The second kappa shape index (κ2) is 8.87. The molecule has 1 amide bonds. The SMILES string of the molecule is Cc1sc(NC(=O)c2ccccc2[N+](=O)[O-])c(C(=O)OC(C)C)c1-c1ccccc1. The number of amides is 1. The van der Waals surface area contributed by atoms with Crippen LogP contribution in [0.15, 0.2) is 54.6 Å². The molecule has 0 saturated heterocycles. The molecule has 0 aliphatic rings. The maximum absolute atomic E-state index is 12.9. The molecular weight excluding hydrogens is 404 g/mol. The van der Waals surface area contributed by atoms with Crippen molar-refractivity contribution >= 4 is 33.9 Å². The van der Waals surface area contributed by atoms with Crippen molar-refractivity contribution in [2.24, 2.45) is 0 Å². The lowest BCUT2D eigenvalue weighted by atomic mass is 10.0. The Morgan fingerprint density at radius 3 is 2.33 bits per heavy atom. The zero-order valence-electron chi connectivity index (χ0n) is 16.7. The van der Waals surface area contributed by atoms with Crippen molar-refractivity contribution in [1.82, 2.24) is 0 Å². The Balaban J connectivity index is 2.08. The minimum absolute atomic E-state index is 0.0852. The van der Waals surface area contributed by atoms with Gasteiger partial charge >= 0.3 is 5.97 Å². The van der Waals surface area contributed by atoms with Gasteiger partial charge in [0.2, 0.25) is 0 Å². The number of para-hydroxylation sites is 1. The molecule has 0 unspecified atom stereocenters. The van der Waals surface area contributed by atoms with E-state index in [9.17, 15) is 19.7 Å². The average Bonchev–Trinajstić information content (AvgIpc) is 3.03. The third kappa shape index (κ3) is 4.38. The lowest BCUT2D eigenvalue weighted by Gasteiger charge is -2.12. The van der Waals surface area contributed by atoms with Crippen LogP contribution < -0.4 is 5.32 Å². The normalized spacial score (nSPS) is 10.7. The molecule has 30 heavy (non-hydrogen) atoms. The van der Waals surface area contributed by atoms with Crippen LogP contribution in [-0.4, -0.2) is 22.9 Å². The quantitative estimate of drug-likeness (QED) is 0.322. The van der Waals surface area contributed by atoms with Crippen molar-refractivity contribution in [3.05, 3.63) is 80.7 Å². The lowest BCUT2D eigenvalue weighted by Crippen LogP contribution is -2.17. The van der Waals surface area contributed by atoms with Gasteiger partial charge in [-0.1, -0.05) is 42.5 Å². The minimum Gasteiger partial charge on any atom is -0.459 e. The van der Waals surface area contributed by atoms with Gasteiger partial charge in [-0.2, -0.15) is 0 Å². The molecule has 0 aliphatic carbocycles. The number of benzene rings is 2. The maximum atomic E-state index is 12.9. The number of nitrogens with zero attached hydrogens (tertiary/aromatic N) is 1. The molecule has 0 atom stereocenters. The molecular formula is C22H20N2O5S. The second-order valence-electron chi connectivity index (χ2n) is 6.79. The standard InChI is InChI=1S/C22H20N2O5S/c1-13(2)29-22(26)19-18(15-9-5-4-6-10-15)14(3)30-21(19)23-20(25)16-11-7-8-12-17(16)24(27)28/h4-13H,1-3H3,(H,23,25). The second-order valence-corrected chi connectivity index (χ2v) is 8.01. The van der Waals surface area contributed by atoms with Crippen LogP contribution in [0.2, 0.25) is 0 Å². The third-order valence-electron chi connectivity index (χ3n) is 4.27. The molecule has 0 fully saturated rings. The van der Waals surface area contributed by atoms with Gasteiger partial charge in [0.25, 0.3) is 11.6 Å². The molecule has 0 aliphatic heterocycles. The number of esters is 1. The van der Waals surface area contributed by atoms with Crippen molar-refractivity contribution < 1.29 is 19.2 Å². The van der Waals surface area contributed by atoms with Crippen LogP contribution in [0.4, 0.5) is 10.7 Å². The summed E-state index contributed by atoms with van der Waals surface area (Å²) in [4.78, 5) is 37.2. The van der Waals surface area contributed by atoms with Crippen LogP contribution in [0, 0.1) is 17.0 Å². The van der Waals surface area contributed by atoms with E-state index in [1.54, 1.807) is 19.9 Å². The highest BCUT2D eigenvalue weighted by Crippen LogP contribution is 2.40. The summed E-state index contributed by atoms with van der Waals surface area (Å²) >= 11 is 1.23. The van der Waals surface area contributed by atoms with Gasteiger partial charge in [-0.05, 0) is 32.4 Å². The fraction of sp³-hybridized carbons (Fsp3) is 0.182. The van der Waals surface area contributed by atoms with Gasteiger partial charge in [-0.25, -0.2) is 4.79 Å². The highest BCUT2D eigenvalue weighted by Gasteiger charge is 2.28. The molecule has 0 bridgehead atoms. The first-order valence-corrected chi connectivity index (χ1v) is 10.1. The minimum atomic E-state index is -0.665. The summed E-state index contributed by atoms with van der Waals surface area (Å²) < 4.78 is 5.41. The summed E-state index contributed by atoms with van der Waals surface area (Å²) in [6.45, 7) is 5.33. The van der Waals surface area contributed by atoms with Crippen LogP contribution in [0.1, 0.15) is 39.4 Å². The first kappa shape index (κ1) is 21.2. The Bertz CT molecular complexity index is 1110. The van der Waals surface area contributed by atoms with Crippen molar-refractivity contribution in [1.29, 1.82) is 0 Å². The number of nitro groups is 1. The number of anilines is 1. The Morgan fingerprint density at radius 1 is 1.07 bits per heavy atom. The number of hydrogen-bond donors (Lipinski definition) is 1. The summed E-state index contributed by atoms with van der Waals surface area (Å²) in [5.41, 5.74) is 1.33. The monoisotopic (exact) mass is 424 g/mol. The predicted molar refractivity (Wildman–Crippen MR) is 116 cm³/mol. The summed E-state index contributed by atoms with van der Waals surface area (Å²) in [7, 11) is 0. The van der Waals surface area contributed by atoms with E-state index >= 15 is 0 Å². The highest BCUT2D eigenvalue weighted by molar-refractivity contribution is 7.17. The van der Waals surface area contributed by atoms with E-state index in [0.717, 1.165) is 10.4 Å².